The number of hydrogen-bond acceptors (Lipinski definition) is 4. The molecule has 17 heavy (non-hydrogen) atoms. The van der Waals surface area contributed by atoms with Gasteiger partial charge in [-0.05, 0) is 0 Å². The Morgan fingerprint density at radius 2 is 2.29 bits per heavy atom. The Morgan fingerprint density at radius 3 is 2.82 bits per heavy atom. The first-order valence-electron chi connectivity index (χ1n) is 5.51. The fourth-order valence-electron chi connectivity index (χ4n) is 1.32. The lowest BCUT2D eigenvalue weighted by molar-refractivity contribution is 0.756. The molecule has 6 heteroatoms. The summed E-state index contributed by atoms with van der Waals surface area (Å²) in [6.07, 6.45) is 0.608. The molecule has 0 aromatic carbocycles. The highest BCUT2D eigenvalue weighted by atomic mass is 32.1. The van der Waals surface area contributed by atoms with Crippen molar-refractivity contribution in [1.29, 1.82) is 0 Å². The van der Waals surface area contributed by atoms with E-state index in [9.17, 15) is 4.79 Å². The minimum absolute atomic E-state index is 0.138. The highest BCUT2D eigenvalue weighted by molar-refractivity contribution is 7.80. The minimum atomic E-state index is -0.138. The fraction of sp³-hybridized carbons (Fsp3) is 0.545. The molecule has 1 aromatic rings. The summed E-state index contributed by atoms with van der Waals surface area (Å²) in [7, 11) is 1.87. The van der Waals surface area contributed by atoms with Crippen molar-refractivity contribution in [2.24, 2.45) is 5.73 Å². The van der Waals surface area contributed by atoms with Gasteiger partial charge in [0.05, 0.1) is 4.99 Å². The summed E-state index contributed by atoms with van der Waals surface area (Å²) in [5, 5.41) is 0. The Kier molecular flexibility index (Phi) is 4.62. The van der Waals surface area contributed by atoms with Crippen LogP contribution in [0.25, 0.3) is 0 Å². The minimum Gasteiger partial charge on any atom is -0.393 e. The number of hydrogen-bond donors (Lipinski definition) is 2. The quantitative estimate of drug-likeness (QED) is 0.767. The van der Waals surface area contributed by atoms with Crippen LogP contribution in [-0.2, 0) is 0 Å². The molecule has 0 spiro atoms. The van der Waals surface area contributed by atoms with Gasteiger partial charge < -0.3 is 15.6 Å². The number of nitrogens with one attached hydrogen (secondary N) is 1. The third kappa shape index (κ3) is 4.14. The van der Waals surface area contributed by atoms with E-state index in [2.05, 4.69) is 9.97 Å². The number of H-pyrrole nitrogens is 1. The van der Waals surface area contributed by atoms with Crippen molar-refractivity contribution >= 4 is 23.0 Å². The van der Waals surface area contributed by atoms with E-state index in [-0.39, 0.29) is 11.5 Å². The predicted molar refractivity (Wildman–Crippen MR) is 73.6 cm³/mol. The second-order valence-electron chi connectivity index (χ2n) is 4.28. The van der Waals surface area contributed by atoms with Gasteiger partial charge in [-0.2, -0.15) is 0 Å². The molecule has 0 unspecified atom stereocenters. The van der Waals surface area contributed by atoms with Gasteiger partial charge >= 0.3 is 0 Å². The monoisotopic (exact) mass is 254 g/mol. The number of thiocarbonyl (C=S) groups is 1. The first-order chi connectivity index (χ1) is 7.90. The molecule has 0 aliphatic heterocycles. The van der Waals surface area contributed by atoms with E-state index in [4.69, 9.17) is 18.0 Å². The van der Waals surface area contributed by atoms with Crippen LogP contribution in [-0.4, -0.2) is 28.5 Å². The lowest BCUT2D eigenvalue weighted by Crippen LogP contribution is -2.26. The number of aromatic nitrogens is 2. The second-order valence-corrected chi connectivity index (χ2v) is 4.81. The van der Waals surface area contributed by atoms with Gasteiger partial charge in [0.15, 0.2) is 0 Å². The average molecular weight is 254 g/mol. The van der Waals surface area contributed by atoms with Crippen LogP contribution >= 0.6 is 12.2 Å². The Bertz CT molecular complexity index is 455. The molecule has 5 nitrogen and oxygen atoms in total. The van der Waals surface area contributed by atoms with Crippen LogP contribution in [0.5, 0.6) is 0 Å². The van der Waals surface area contributed by atoms with E-state index in [0.29, 0.717) is 29.6 Å². The molecule has 94 valence electrons. The Balaban J connectivity index is 2.89. The topological polar surface area (TPSA) is 75.0 Å². The zero-order valence-electron chi connectivity index (χ0n) is 10.4. The number of anilines is 1. The maximum atomic E-state index is 11.5. The van der Waals surface area contributed by atoms with Crippen molar-refractivity contribution in [1.82, 2.24) is 9.97 Å². The van der Waals surface area contributed by atoms with Gasteiger partial charge in [-0.1, -0.05) is 26.1 Å². The maximum absolute atomic E-state index is 11.5. The predicted octanol–water partition coefficient (Wildman–Crippen LogP) is 1.01. The van der Waals surface area contributed by atoms with Crippen LogP contribution < -0.4 is 16.2 Å². The summed E-state index contributed by atoms with van der Waals surface area (Å²) < 4.78 is 0. The highest BCUT2D eigenvalue weighted by Crippen LogP contribution is 2.11. The van der Waals surface area contributed by atoms with Crippen molar-refractivity contribution in [2.75, 3.05) is 18.5 Å². The molecule has 0 amide bonds. The van der Waals surface area contributed by atoms with Crippen molar-refractivity contribution in [3.63, 3.8) is 0 Å². The molecular formula is C11H18N4OS. The molecule has 0 atom stereocenters. The van der Waals surface area contributed by atoms with Crippen LogP contribution in [0.2, 0.25) is 0 Å². The van der Waals surface area contributed by atoms with E-state index in [1.54, 1.807) is 0 Å². The summed E-state index contributed by atoms with van der Waals surface area (Å²) in [5.41, 5.74) is 5.31. The molecule has 0 aliphatic carbocycles. The normalized spacial score (nSPS) is 10.6. The molecule has 1 heterocycles. The SMILES string of the molecule is CC(C)c1nc(N(C)CCC(N)=S)cc(=O)[nH]1. The Morgan fingerprint density at radius 1 is 1.65 bits per heavy atom. The van der Waals surface area contributed by atoms with Crippen LogP contribution in [0.1, 0.15) is 32.0 Å². The van der Waals surface area contributed by atoms with E-state index >= 15 is 0 Å². The molecule has 0 saturated heterocycles. The van der Waals surface area contributed by atoms with Crippen LogP contribution in [0.3, 0.4) is 0 Å². The third-order valence-electron chi connectivity index (χ3n) is 2.38. The number of aromatic amines is 1. The van der Waals surface area contributed by atoms with Gasteiger partial charge in [-0.15, -0.1) is 0 Å². The molecule has 3 N–H and O–H groups in total. The van der Waals surface area contributed by atoms with Gasteiger partial charge in [-0.25, -0.2) is 4.98 Å². The van der Waals surface area contributed by atoms with Gasteiger partial charge in [0, 0.05) is 32.0 Å². The summed E-state index contributed by atoms with van der Waals surface area (Å²) in [6, 6.07) is 1.48. The third-order valence-corrected chi connectivity index (χ3v) is 2.58. The average Bonchev–Trinajstić information content (AvgIpc) is 2.24. The largest absolute Gasteiger partial charge is 0.393 e. The lowest BCUT2D eigenvalue weighted by atomic mass is 10.2. The number of nitrogens with two attached hydrogens (primary N) is 1. The smallest absolute Gasteiger partial charge is 0.252 e. The summed E-state index contributed by atoms with van der Waals surface area (Å²) in [6.45, 7) is 4.62. The van der Waals surface area contributed by atoms with Gasteiger partial charge in [-0.3, -0.25) is 4.79 Å². The van der Waals surface area contributed by atoms with Gasteiger partial charge in [0.1, 0.15) is 11.6 Å². The zero-order chi connectivity index (χ0) is 13.0. The highest BCUT2D eigenvalue weighted by Gasteiger charge is 2.08. The van der Waals surface area contributed by atoms with E-state index in [1.165, 1.54) is 6.07 Å². The molecular weight excluding hydrogens is 236 g/mol. The summed E-state index contributed by atoms with van der Waals surface area (Å²) in [4.78, 5) is 20.9. The second kappa shape index (κ2) is 5.77. The van der Waals surface area contributed by atoms with E-state index in [0.717, 1.165) is 0 Å². The van der Waals surface area contributed by atoms with Gasteiger partial charge in [0.25, 0.3) is 5.56 Å². The first-order valence-corrected chi connectivity index (χ1v) is 5.91. The lowest BCUT2D eigenvalue weighted by Gasteiger charge is -2.18. The van der Waals surface area contributed by atoms with Crippen molar-refractivity contribution in [2.45, 2.75) is 26.2 Å². The molecule has 0 saturated carbocycles. The first kappa shape index (κ1) is 13.6. The van der Waals surface area contributed by atoms with Crippen molar-refractivity contribution in [3.05, 3.63) is 22.2 Å². The van der Waals surface area contributed by atoms with Gasteiger partial charge in [0.2, 0.25) is 0 Å². The van der Waals surface area contributed by atoms with Crippen LogP contribution in [0.15, 0.2) is 10.9 Å². The fourth-order valence-corrected chi connectivity index (χ4v) is 1.42. The molecule has 1 rings (SSSR count). The summed E-state index contributed by atoms with van der Waals surface area (Å²) in [5.74, 6) is 1.52. The molecule has 1 aromatic heterocycles. The number of nitrogens with zero attached hydrogens (tertiary/aromatic N) is 2. The molecule has 0 radical (unpaired) electrons. The zero-order valence-corrected chi connectivity index (χ0v) is 11.2. The standard InChI is InChI=1S/C11H18N4OS/c1-7(2)11-13-9(6-10(16)14-11)15(3)5-4-8(12)17/h6-7H,4-5H2,1-3H3,(H2,12,17)(H,13,14,16). The van der Waals surface area contributed by atoms with Crippen molar-refractivity contribution < 1.29 is 0 Å². The number of rotatable bonds is 5. The van der Waals surface area contributed by atoms with Crippen LogP contribution in [0.4, 0.5) is 5.82 Å². The van der Waals surface area contributed by atoms with Crippen molar-refractivity contribution in [3.8, 4) is 0 Å². The summed E-state index contributed by atoms with van der Waals surface area (Å²) >= 11 is 4.82. The molecule has 0 bridgehead atoms. The van der Waals surface area contributed by atoms with E-state index in [1.807, 2.05) is 25.8 Å². The Hall–Kier alpha value is -1.43. The maximum Gasteiger partial charge on any atom is 0.252 e. The Labute approximate surface area is 106 Å². The van der Waals surface area contributed by atoms with E-state index < -0.39 is 0 Å². The molecule has 0 fully saturated rings. The van der Waals surface area contributed by atoms with Crippen LogP contribution in [0, 0.1) is 0 Å². The molecule has 0 aliphatic rings.